The van der Waals surface area contributed by atoms with Gasteiger partial charge < -0.3 is 16.0 Å². The SMILES string of the molecule is C/N=N\C1=C(/C)c2ccccc2CN(C(=O)CCC(=O)N[C@H](C(N)=O)C(C)C)c2ccccc21. The van der Waals surface area contributed by atoms with Crippen molar-refractivity contribution in [2.75, 3.05) is 11.9 Å². The van der Waals surface area contributed by atoms with Gasteiger partial charge in [0.25, 0.3) is 0 Å². The van der Waals surface area contributed by atoms with Gasteiger partial charge >= 0.3 is 0 Å². The van der Waals surface area contributed by atoms with Crippen LogP contribution < -0.4 is 16.0 Å². The molecule has 8 heteroatoms. The number of fused-ring (bicyclic) bond motifs is 2. The molecule has 34 heavy (non-hydrogen) atoms. The van der Waals surface area contributed by atoms with Gasteiger partial charge in [-0.1, -0.05) is 56.3 Å². The number of primary amides is 1. The summed E-state index contributed by atoms with van der Waals surface area (Å²) in [6.07, 6.45) is -0.0642. The molecule has 0 aromatic heterocycles. The van der Waals surface area contributed by atoms with E-state index in [0.29, 0.717) is 17.9 Å². The maximum atomic E-state index is 13.4. The molecule has 8 nitrogen and oxygen atoms in total. The number of azo groups is 1. The van der Waals surface area contributed by atoms with E-state index in [0.717, 1.165) is 22.3 Å². The first-order valence-electron chi connectivity index (χ1n) is 11.3. The van der Waals surface area contributed by atoms with Gasteiger partial charge in [-0.15, -0.1) is 0 Å². The van der Waals surface area contributed by atoms with Gasteiger partial charge in [-0.3, -0.25) is 14.4 Å². The molecular formula is C26H31N5O3. The van der Waals surface area contributed by atoms with Crippen LogP contribution in [-0.4, -0.2) is 30.8 Å². The van der Waals surface area contributed by atoms with Crippen molar-refractivity contribution >= 4 is 34.7 Å². The van der Waals surface area contributed by atoms with Crippen molar-refractivity contribution in [2.45, 2.75) is 46.2 Å². The highest BCUT2D eigenvalue weighted by atomic mass is 16.2. The van der Waals surface area contributed by atoms with Crippen LogP contribution in [0.25, 0.3) is 11.3 Å². The lowest BCUT2D eigenvalue weighted by Gasteiger charge is -2.29. The third-order valence-corrected chi connectivity index (χ3v) is 5.91. The average molecular weight is 462 g/mol. The zero-order chi connectivity index (χ0) is 24.8. The van der Waals surface area contributed by atoms with Crippen molar-refractivity contribution in [3.05, 3.63) is 65.2 Å². The van der Waals surface area contributed by atoms with E-state index in [4.69, 9.17) is 5.73 Å². The number of carbonyl (C=O) groups is 3. The Morgan fingerprint density at radius 1 is 1.03 bits per heavy atom. The van der Waals surface area contributed by atoms with Crippen LogP contribution in [0.2, 0.25) is 0 Å². The first kappa shape index (κ1) is 24.8. The summed E-state index contributed by atoms with van der Waals surface area (Å²) in [7, 11) is 1.62. The Morgan fingerprint density at radius 2 is 1.68 bits per heavy atom. The second kappa shape index (κ2) is 10.9. The van der Waals surface area contributed by atoms with Crippen molar-refractivity contribution in [3.8, 4) is 0 Å². The number of rotatable bonds is 7. The van der Waals surface area contributed by atoms with Gasteiger partial charge in [-0.2, -0.15) is 10.2 Å². The number of hydrogen-bond donors (Lipinski definition) is 2. The minimum Gasteiger partial charge on any atom is -0.368 e. The molecule has 3 amide bonds. The van der Waals surface area contributed by atoms with E-state index in [9.17, 15) is 14.4 Å². The summed E-state index contributed by atoms with van der Waals surface area (Å²) in [5.74, 6) is -1.33. The monoisotopic (exact) mass is 461 g/mol. The molecule has 1 aliphatic rings. The van der Waals surface area contributed by atoms with Gasteiger partial charge in [0.15, 0.2) is 0 Å². The normalized spacial score (nSPS) is 16.4. The van der Waals surface area contributed by atoms with E-state index >= 15 is 0 Å². The summed E-state index contributed by atoms with van der Waals surface area (Å²) < 4.78 is 0. The van der Waals surface area contributed by atoms with E-state index in [2.05, 4.69) is 15.5 Å². The van der Waals surface area contributed by atoms with Gasteiger partial charge in [0, 0.05) is 25.5 Å². The molecule has 0 aliphatic carbocycles. The van der Waals surface area contributed by atoms with E-state index < -0.39 is 11.9 Å². The van der Waals surface area contributed by atoms with Crippen LogP contribution in [0.4, 0.5) is 5.69 Å². The summed E-state index contributed by atoms with van der Waals surface area (Å²) >= 11 is 0. The zero-order valence-corrected chi connectivity index (χ0v) is 20.0. The molecule has 3 N–H and O–H groups in total. The lowest BCUT2D eigenvalue weighted by molar-refractivity contribution is -0.129. The summed E-state index contributed by atoms with van der Waals surface area (Å²) in [6.45, 7) is 5.97. The maximum absolute atomic E-state index is 13.4. The van der Waals surface area contributed by atoms with Gasteiger partial charge in [-0.25, -0.2) is 0 Å². The van der Waals surface area contributed by atoms with Crippen molar-refractivity contribution in [1.82, 2.24) is 5.32 Å². The predicted molar refractivity (Wildman–Crippen MR) is 133 cm³/mol. The Kier molecular flexibility index (Phi) is 7.94. The van der Waals surface area contributed by atoms with Gasteiger partial charge in [0.05, 0.1) is 17.9 Å². The fraction of sp³-hybridized carbons (Fsp3) is 0.346. The molecule has 0 spiro atoms. The number of nitrogens with one attached hydrogen (secondary N) is 1. The molecule has 2 aromatic rings. The van der Waals surface area contributed by atoms with Crippen molar-refractivity contribution < 1.29 is 14.4 Å². The second-order valence-electron chi connectivity index (χ2n) is 8.62. The summed E-state index contributed by atoms with van der Waals surface area (Å²) in [6, 6.07) is 14.7. The number of nitrogens with zero attached hydrogens (tertiary/aromatic N) is 3. The fourth-order valence-electron chi connectivity index (χ4n) is 4.14. The van der Waals surface area contributed by atoms with E-state index in [1.54, 1.807) is 25.8 Å². The second-order valence-corrected chi connectivity index (χ2v) is 8.62. The standard InChI is InChI=1S/C26H31N5O3/c1-16(2)24(26(27)34)29-22(32)13-14-23(33)31-15-18-9-5-6-10-19(18)17(3)25(30-28-4)20-11-7-8-12-21(20)31/h5-12,16,24H,13-15H2,1-4H3,(H2,27,34)(H,29,32)/b25-17+,30-28-/t24-/m0/s1. The van der Waals surface area contributed by atoms with Crippen molar-refractivity contribution in [1.29, 1.82) is 0 Å². The highest BCUT2D eigenvalue weighted by Crippen LogP contribution is 2.38. The molecule has 1 heterocycles. The Balaban J connectivity index is 1.93. The summed E-state index contributed by atoms with van der Waals surface area (Å²) in [4.78, 5) is 39.2. The summed E-state index contributed by atoms with van der Waals surface area (Å²) in [5, 5.41) is 11.1. The number of hydrogen-bond acceptors (Lipinski definition) is 5. The van der Waals surface area contributed by atoms with Crippen LogP contribution in [-0.2, 0) is 20.9 Å². The van der Waals surface area contributed by atoms with Crippen LogP contribution in [0.5, 0.6) is 0 Å². The molecule has 1 atom stereocenters. The number of carbonyl (C=O) groups excluding carboxylic acids is 3. The van der Waals surface area contributed by atoms with E-state index in [1.165, 1.54) is 0 Å². The zero-order valence-electron chi connectivity index (χ0n) is 20.0. The molecule has 0 saturated heterocycles. The smallest absolute Gasteiger partial charge is 0.240 e. The summed E-state index contributed by atoms with van der Waals surface area (Å²) in [5.41, 5.74) is 10.5. The molecule has 0 saturated carbocycles. The number of amides is 3. The van der Waals surface area contributed by atoms with Gasteiger partial charge in [0.2, 0.25) is 17.7 Å². The highest BCUT2D eigenvalue weighted by Gasteiger charge is 2.27. The molecule has 178 valence electrons. The van der Waals surface area contributed by atoms with Crippen LogP contribution in [0.1, 0.15) is 50.3 Å². The van der Waals surface area contributed by atoms with E-state index in [-0.39, 0.29) is 30.6 Å². The minimum absolute atomic E-state index is 0.0146. The largest absolute Gasteiger partial charge is 0.368 e. The average Bonchev–Trinajstić information content (AvgIpc) is 2.81. The fourth-order valence-corrected chi connectivity index (χ4v) is 4.14. The lowest BCUT2D eigenvalue weighted by Crippen LogP contribution is -2.47. The molecule has 0 fully saturated rings. The first-order chi connectivity index (χ1) is 16.2. The maximum Gasteiger partial charge on any atom is 0.240 e. The Hall–Kier alpha value is -3.81. The Morgan fingerprint density at radius 3 is 2.32 bits per heavy atom. The van der Waals surface area contributed by atoms with Crippen molar-refractivity contribution in [2.24, 2.45) is 21.9 Å². The third-order valence-electron chi connectivity index (χ3n) is 5.91. The predicted octanol–water partition coefficient (Wildman–Crippen LogP) is 3.91. The molecule has 0 radical (unpaired) electrons. The number of para-hydroxylation sites is 1. The quantitative estimate of drug-likeness (QED) is 0.609. The number of nitrogens with two attached hydrogens (primary N) is 1. The molecule has 2 aromatic carbocycles. The first-order valence-corrected chi connectivity index (χ1v) is 11.3. The van der Waals surface area contributed by atoms with Crippen LogP contribution >= 0.6 is 0 Å². The lowest BCUT2D eigenvalue weighted by atomic mass is 9.93. The van der Waals surface area contributed by atoms with Crippen LogP contribution in [0.3, 0.4) is 0 Å². The molecular weight excluding hydrogens is 430 g/mol. The molecule has 3 rings (SSSR count). The number of allylic oxidation sites excluding steroid dienone is 1. The molecule has 0 bridgehead atoms. The minimum atomic E-state index is -0.771. The number of benzene rings is 2. The Labute approximate surface area is 199 Å². The highest BCUT2D eigenvalue weighted by molar-refractivity contribution is 6.02. The van der Waals surface area contributed by atoms with Crippen molar-refractivity contribution in [3.63, 3.8) is 0 Å². The van der Waals surface area contributed by atoms with Gasteiger partial charge in [-0.05, 0) is 35.6 Å². The van der Waals surface area contributed by atoms with Crippen LogP contribution in [0, 0.1) is 5.92 Å². The molecule has 1 aliphatic heterocycles. The number of anilines is 1. The van der Waals surface area contributed by atoms with E-state index in [1.807, 2.05) is 55.5 Å². The third kappa shape index (κ3) is 5.39. The Bertz CT molecular complexity index is 1150. The molecule has 0 unspecified atom stereocenters. The van der Waals surface area contributed by atoms with Gasteiger partial charge in [0.1, 0.15) is 6.04 Å². The topological polar surface area (TPSA) is 117 Å². The van der Waals surface area contributed by atoms with Crippen LogP contribution in [0.15, 0.2) is 58.8 Å².